The Bertz CT molecular complexity index is 212. The molecular formula is C7H16N2O4Si. The smallest absolute Gasteiger partial charge is 0.259 e. The van der Waals surface area contributed by atoms with Gasteiger partial charge in [0, 0.05) is 8.07 Å². The standard InChI is InChI=1S/C7H16N2O4Si/c1-14(2,3)6-4-5-7(8(10)11)9(12)13/h7H,4-6H2,1-3H3. The molecule has 0 unspecified atom stereocenters. The van der Waals surface area contributed by atoms with E-state index in [0.717, 1.165) is 6.04 Å². The third-order valence-corrected chi connectivity index (χ3v) is 3.73. The fourth-order valence-electron chi connectivity index (χ4n) is 1.10. The number of nitro groups is 2. The zero-order chi connectivity index (χ0) is 11.4. The van der Waals surface area contributed by atoms with Crippen LogP contribution in [0.3, 0.4) is 0 Å². The molecule has 0 aliphatic heterocycles. The molecule has 0 aromatic carbocycles. The third-order valence-electron chi connectivity index (χ3n) is 1.88. The predicted molar refractivity (Wildman–Crippen MR) is 55.2 cm³/mol. The fourth-order valence-corrected chi connectivity index (χ4v) is 2.37. The first kappa shape index (κ1) is 13.0. The Morgan fingerprint density at radius 3 is 1.86 bits per heavy atom. The highest BCUT2D eigenvalue weighted by atomic mass is 28.3. The largest absolute Gasteiger partial charge is 0.450 e. The molecule has 0 saturated heterocycles. The van der Waals surface area contributed by atoms with Crippen LogP contribution in [-0.2, 0) is 0 Å². The molecule has 14 heavy (non-hydrogen) atoms. The van der Waals surface area contributed by atoms with Crippen LogP contribution in [0.15, 0.2) is 0 Å². The van der Waals surface area contributed by atoms with Gasteiger partial charge in [-0.15, -0.1) is 0 Å². The number of hydrogen-bond donors (Lipinski definition) is 0. The Hall–Kier alpha value is -0.983. The maximum absolute atomic E-state index is 10.3. The molecule has 0 aliphatic rings. The van der Waals surface area contributed by atoms with E-state index in [-0.39, 0.29) is 6.42 Å². The van der Waals surface area contributed by atoms with E-state index in [2.05, 4.69) is 19.6 Å². The van der Waals surface area contributed by atoms with E-state index < -0.39 is 24.1 Å². The highest BCUT2D eigenvalue weighted by Crippen LogP contribution is 2.15. The summed E-state index contributed by atoms with van der Waals surface area (Å²) in [6.07, 6.45) is -1.00. The Balaban J connectivity index is 3.97. The van der Waals surface area contributed by atoms with E-state index in [1.165, 1.54) is 0 Å². The van der Waals surface area contributed by atoms with Gasteiger partial charge in [-0.2, -0.15) is 0 Å². The average molecular weight is 220 g/mol. The lowest BCUT2D eigenvalue weighted by Gasteiger charge is -2.14. The minimum Gasteiger partial charge on any atom is -0.259 e. The van der Waals surface area contributed by atoms with Gasteiger partial charge in [0.15, 0.2) is 0 Å². The highest BCUT2D eigenvalue weighted by molar-refractivity contribution is 6.76. The number of rotatable bonds is 6. The van der Waals surface area contributed by atoms with E-state index in [1.807, 2.05) is 0 Å². The first-order valence-corrected chi connectivity index (χ1v) is 8.22. The zero-order valence-corrected chi connectivity index (χ0v) is 9.73. The first-order chi connectivity index (χ1) is 6.24. The van der Waals surface area contributed by atoms with E-state index in [9.17, 15) is 20.2 Å². The van der Waals surface area contributed by atoms with Gasteiger partial charge in [0.2, 0.25) is 0 Å². The molecule has 0 heterocycles. The van der Waals surface area contributed by atoms with Gasteiger partial charge in [0.25, 0.3) is 0 Å². The van der Waals surface area contributed by atoms with Crippen molar-refractivity contribution in [3.05, 3.63) is 20.2 Å². The van der Waals surface area contributed by atoms with Crippen molar-refractivity contribution < 1.29 is 9.85 Å². The average Bonchev–Trinajstić information content (AvgIpc) is 1.94. The molecule has 0 atom stereocenters. The Labute approximate surface area is 83.6 Å². The van der Waals surface area contributed by atoms with Crippen molar-refractivity contribution in [3.8, 4) is 0 Å². The van der Waals surface area contributed by atoms with Crippen LogP contribution >= 0.6 is 0 Å². The highest BCUT2D eigenvalue weighted by Gasteiger charge is 2.31. The van der Waals surface area contributed by atoms with Crippen LogP contribution < -0.4 is 0 Å². The second-order valence-electron chi connectivity index (χ2n) is 4.50. The molecule has 0 N–H and O–H groups in total. The van der Waals surface area contributed by atoms with E-state index in [0.29, 0.717) is 6.42 Å². The summed E-state index contributed by atoms with van der Waals surface area (Å²) in [5.41, 5.74) is 0. The minimum atomic E-state index is -1.62. The lowest BCUT2D eigenvalue weighted by molar-refractivity contribution is -0.743. The van der Waals surface area contributed by atoms with Gasteiger partial charge in [0.05, 0.1) is 16.3 Å². The second-order valence-corrected chi connectivity index (χ2v) is 10.1. The van der Waals surface area contributed by atoms with Crippen molar-refractivity contribution in [3.63, 3.8) is 0 Å². The van der Waals surface area contributed by atoms with Crippen molar-refractivity contribution >= 4 is 8.07 Å². The van der Waals surface area contributed by atoms with Crippen molar-refractivity contribution in [2.45, 2.75) is 44.7 Å². The summed E-state index contributed by atoms with van der Waals surface area (Å²) in [7, 11) is -1.24. The van der Waals surface area contributed by atoms with Crippen molar-refractivity contribution in [1.82, 2.24) is 0 Å². The van der Waals surface area contributed by atoms with Crippen LogP contribution in [0.5, 0.6) is 0 Å². The van der Waals surface area contributed by atoms with Gasteiger partial charge < -0.3 is 0 Å². The Kier molecular flexibility index (Phi) is 4.68. The minimum absolute atomic E-state index is 0.0459. The van der Waals surface area contributed by atoms with Gasteiger partial charge in [0.1, 0.15) is 0 Å². The number of hydrogen-bond acceptors (Lipinski definition) is 4. The quantitative estimate of drug-likeness (QED) is 0.296. The summed E-state index contributed by atoms with van der Waals surface area (Å²) in [5, 5.41) is 20.5. The second kappa shape index (κ2) is 5.04. The fraction of sp³-hybridized carbons (Fsp3) is 1.00. The molecule has 0 aromatic rings. The van der Waals surface area contributed by atoms with Crippen LogP contribution in [0.1, 0.15) is 12.8 Å². The maximum atomic E-state index is 10.3. The molecule has 0 amide bonds. The predicted octanol–water partition coefficient (Wildman–Crippen LogP) is 1.98. The van der Waals surface area contributed by atoms with Crippen LogP contribution in [0.2, 0.25) is 25.7 Å². The van der Waals surface area contributed by atoms with Gasteiger partial charge in [-0.1, -0.05) is 25.7 Å². The van der Waals surface area contributed by atoms with Crippen molar-refractivity contribution in [2.75, 3.05) is 0 Å². The van der Waals surface area contributed by atoms with Gasteiger partial charge in [-0.25, -0.2) is 0 Å². The van der Waals surface area contributed by atoms with E-state index in [4.69, 9.17) is 0 Å². The molecule has 7 heteroatoms. The molecule has 0 saturated carbocycles. The molecule has 6 nitrogen and oxygen atoms in total. The maximum Gasteiger partial charge on any atom is 0.450 e. The van der Waals surface area contributed by atoms with Crippen LogP contribution in [0.4, 0.5) is 0 Å². The zero-order valence-electron chi connectivity index (χ0n) is 8.73. The molecule has 0 fully saturated rings. The van der Waals surface area contributed by atoms with Gasteiger partial charge in [-0.05, 0) is 6.42 Å². The lowest BCUT2D eigenvalue weighted by Crippen LogP contribution is -2.29. The monoisotopic (exact) mass is 220 g/mol. The molecule has 0 radical (unpaired) electrons. The SMILES string of the molecule is C[Si](C)(C)CCCC([N+](=O)[O-])[N+](=O)[O-]. The summed E-state index contributed by atoms with van der Waals surface area (Å²) >= 11 is 0. The van der Waals surface area contributed by atoms with E-state index >= 15 is 0 Å². The summed E-state index contributed by atoms with van der Waals surface area (Å²) in [4.78, 5) is 18.9. The van der Waals surface area contributed by atoms with Crippen LogP contribution in [0, 0.1) is 20.2 Å². The molecule has 0 spiro atoms. The summed E-state index contributed by atoms with van der Waals surface area (Å²) in [6, 6.07) is 0.894. The van der Waals surface area contributed by atoms with Crippen LogP contribution in [0.25, 0.3) is 0 Å². The molecule has 0 rings (SSSR count). The Morgan fingerprint density at radius 2 is 1.57 bits per heavy atom. The summed E-state index contributed by atoms with van der Waals surface area (Å²) in [5.74, 6) is 0. The normalized spacial score (nSPS) is 11.7. The molecule has 82 valence electrons. The van der Waals surface area contributed by atoms with Gasteiger partial charge >= 0.3 is 6.17 Å². The van der Waals surface area contributed by atoms with Crippen molar-refractivity contribution in [1.29, 1.82) is 0 Å². The molecule has 0 bridgehead atoms. The molecule has 0 aromatic heterocycles. The third kappa shape index (κ3) is 5.63. The summed E-state index contributed by atoms with van der Waals surface area (Å²) in [6.45, 7) is 6.42. The number of nitrogens with zero attached hydrogens (tertiary/aromatic N) is 2. The molecular weight excluding hydrogens is 204 g/mol. The van der Waals surface area contributed by atoms with Crippen LogP contribution in [-0.4, -0.2) is 24.1 Å². The first-order valence-electron chi connectivity index (χ1n) is 4.51. The van der Waals surface area contributed by atoms with E-state index in [1.54, 1.807) is 0 Å². The summed E-state index contributed by atoms with van der Waals surface area (Å²) < 4.78 is 0. The topological polar surface area (TPSA) is 86.3 Å². The molecule has 0 aliphatic carbocycles. The lowest BCUT2D eigenvalue weighted by atomic mass is 10.3. The van der Waals surface area contributed by atoms with Crippen molar-refractivity contribution in [2.24, 2.45) is 0 Å². The van der Waals surface area contributed by atoms with Gasteiger partial charge in [-0.3, -0.25) is 20.2 Å². The Morgan fingerprint density at radius 1 is 1.14 bits per heavy atom.